The lowest BCUT2D eigenvalue weighted by molar-refractivity contribution is -0.157. The molecule has 0 amide bonds. The van der Waals surface area contributed by atoms with E-state index < -0.39 is 12.1 Å². The minimum absolute atomic E-state index is 0.120. The Balaban J connectivity index is 3.65. The number of carbonyl (C=O) groups excluding carboxylic acids is 2. The maximum Gasteiger partial charge on any atom is 0.331 e. The van der Waals surface area contributed by atoms with Gasteiger partial charge in [0.1, 0.15) is 6.61 Å². The van der Waals surface area contributed by atoms with Crippen LogP contribution in [0.1, 0.15) is 181 Å². The van der Waals surface area contributed by atoms with E-state index in [0.717, 1.165) is 25.7 Å². The third-order valence-electron chi connectivity index (χ3n) is 8.08. The van der Waals surface area contributed by atoms with Crippen LogP contribution in [0.4, 0.5) is 0 Å². The van der Waals surface area contributed by atoms with E-state index in [9.17, 15) is 14.7 Å². The topological polar surface area (TPSA) is 72.8 Å². The number of allylic oxidation sites excluding steroid dienone is 5. The fourth-order valence-electron chi connectivity index (χ4n) is 5.24. The highest BCUT2D eigenvalue weighted by Crippen LogP contribution is 2.14. The highest BCUT2D eigenvalue weighted by atomic mass is 16.6. The number of hydrogen-bond acceptors (Lipinski definition) is 5. The smallest absolute Gasteiger partial charge is 0.331 e. The lowest BCUT2D eigenvalue weighted by atomic mass is 10.0. The fourth-order valence-corrected chi connectivity index (χ4v) is 5.24. The molecule has 0 aliphatic rings. The zero-order valence-corrected chi connectivity index (χ0v) is 28.9. The summed E-state index contributed by atoms with van der Waals surface area (Å²) in [6, 6.07) is 0. The minimum atomic E-state index is -0.850. The van der Waals surface area contributed by atoms with E-state index in [1.165, 1.54) is 141 Å². The number of aliphatic hydroxyl groups excluding tert-OH is 1. The molecule has 0 aliphatic heterocycles. The summed E-state index contributed by atoms with van der Waals surface area (Å²) in [6.45, 7) is 4.01. The van der Waals surface area contributed by atoms with Crippen LogP contribution in [0.15, 0.2) is 36.5 Å². The monoisotopic (exact) mass is 619 g/mol. The predicted molar refractivity (Wildman–Crippen MR) is 187 cm³/mol. The minimum Gasteiger partial charge on any atom is -0.462 e. The van der Waals surface area contributed by atoms with Gasteiger partial charge < -0.3 is 14.6 Å². The second-order valence-electron chi connectivity index (χ2n) is 12.4. The van der Waals surface area contributed by atoms with Crippen LogP contribution >= 0.6 is 0 Å². The van der Waals surface area contributed by atoms with Crippen molar-refractivity contribution in [2.24, 2.45) is 0 Å². The van der Waals surface area contributed by atoms with Gasteiger partial charge in [0, 0.05) is 12.5 Å². The van der Waals surface area contributed by atoms with Gasteiger partial charge in [0.05, 0.1) is 6.61 Å². The van der Waals surface area contributed by atoms with Crippen LogP contribution in [0.2, 0.25) is 0 Å². The molecule has 256 valence electrons. The van der Waals surface area contributed by atoms with Crippen molar-refractivity contribution in [1.82, 2.24) is 0 Å². The predicted octanol–water partition coefficient (Wildman–Crippen LogP) is 11.3. The molecule has 0 bridgehead atoms. The Kier molecular flexibility index (Phi) is 34.1. The Morgan fingerprint density at radius 1 is 0.568 bits per heavy atom. The first kappa shape index (κ1) is 42.1. The van der Waals surface area contributed by atoms with Gasteiger partial charge in [-0.15, -0.1) is 0 Å². The molecule has 0 radical (unpaired) electrons. The van der Waals surface area contributed by atoms with Crippen LogP contribution in [0.5, 0.6) is 0 Å². The van der Waals surface area contributed by atoms with Crippen molar-refractivity contribution in [3.05, 3.63) is 36.5 Å². The van der Waals surface area contributed by atoms with E-state index in [4.69, 9.17) is 9.47 Å². The molecule has 0 spiro atoms. The Morgan fingerprint density at radius 3 is 1.48 bits per heavy atom. The summed E-state index contributed by atoms with van der Waals surface area (Å²) in [7, 11) is 0. The van der Waals surface area contributed by atoms with Crippen LogP contribution in [0.25, 0.3) is 0 Å². The molecule has 1 atom stereocenters. The van der Waals surface area contributed by atoms with Crippen LogP contribution < -0.4 is 0 Å². The van der Waals surface area contributed by atoms with Gasteiger partial charge in [-0.05, 0) is 19.3 Å². The van der Waals surface area contributed by atoms with Crippen molar-refractivity contribution in [1.29, 1.82) is 0 Å². The largest absolute Gasteiger partial charge is 0.462 e. The van der Waals surface area contributed by atoms with Gasteiger partial charge in [-0.1, -0.05) is 185 Å². The number of hydrogen-bond donors (Lipinski definition) is 1. The molecular formula is C39H70O5. The molecule has 0 rings (SSSR count). The van der Waals surface area contributed by atoms with E-state index >= 15 is 0 Å². The van der Waals surface area contributed by atoms with Crippen molar-refractivity contribution in [3.63, 3.8) is 0 Å². The quantitative estimate of drug-likeness (QED) is 0.0343. The van der Waals surface area contributed by atoms with Gasteiger partial charge in [0.2, 0.25) is 0 Å². The van der Waals surface area contributed by atoms with Gasteiger partial charge in [-0.2, -0.15) is 0 Å². The van der Waals surface area contributed by atoms with Crippen molar-refractivity contribution in [2.75, 3.05) is 13.2 Å². The second-order valence-corrected chi connectivity index (χ2v) is 12.4. The molecule has 0 aromatic rings. The van der Waals surface area contributed by atoms with Crippen molar-refractivity contribution in [2.45, 2.75) is 187 Å². The summed E-state index contributed by atoms with van der Waals surface area (Å²) in [6.07, 6.45) is 42.6. The van der Waals surface area contributed by atoms with E-state index in [1.54, 1.807) is 12.2 Å². The summed E-state index contributed by atoms with van der Waals surface area (Å²) >= 11 is 0. The molecule has 0 aliphatic carbocycles. The third kappa shape index (κ3) is 33.0. The van der Waals surface area contributed by atoms with Gasteiger partial charge in [0.25, 0.3) is 0 Å². The normalized spacial score (nSPS) is 12.5. The first-order valence-electron chi connectivity index (χ1n) is 18.6. The number of unbranched alkanes of at least 4 members (excludes halogenated alkanes) is 23. The molecule has 0 saturated carbocycles. The Hall–Kier alpha value is -1.88. The number of aliphatic hydroxyl groups is 1. The summed E-state index contributed by atoms with van der Waals surface area (Å²) in [4.78, 5) is 24.0. The Labute approximate surface area is 272 Å². The Morgan fingerprint density at radius 2 is 1.00 bits per heavy atom. The van der Waals surface area contributed by atoms with Gasteiger partial charge >= 0.3 is 11.9 Å². The summed E-state index contributed by atoms with van der Waals surface area (Å²) < 4.78 is 10.4. The second kappa shape index (κ2) is 35.6. The van der Waals surface area contributed by atoms with E-state index in [-0.39, 0.29) is 19.2 Å². The lowest BCUT2D eigenvalue weighted by Crippen LogP contribution is -2.27. The number of ether oxygens (including phenoxy) is 2. The summed E-state index contributed by atoms with van der Waals surface area (Å²) in [5.41, 5.74) is 0. The number of carbonyl (C=O) groups is 2. The van der Waals surface area contributed by atoms with Crippen molar-refractivity contribution in [3.8, 4) is 0 Å². The van der Waals surface area contributed by atoms with Gasteiger partial charge in [-0.3, -0.25) is 4.79 Å². The van der Waals surface area contributed by atoms with Crippen molar-refractivity contribution >= 4 is 11.9 Å². The maximum absolute atomic E-state index is 12.0. The highest BCUT2D eigenvalue weighted by Gasteiger charge is 2.14. The number of rotatable bonds is 33. The van der Waals surface area contributed by atoms with Crippen LogP contribution in [0, 0.1) is 0 Å². The molecule has 0 aromatic carbocycles. The molecule has 0 aromatic heterocycles. The molecule has 1 N–H and O–H groups in total. The van der Waals surface area contributed by atoms with Gasteiger partial charge in [-0.25, -0.2) is 4.79 Å². The zero-order chi connectivity index (χ0) is 32.2. The summed E-state index contributed by atoms with van der Waals surface area (Å²) in [5.74, 6) is -0.868. The zero-order valence-electron chi connectivity index (χ0n) is 28.9. The maximum atomic E-state index is 12.0. The Bertz CT molecular complexity index is 711. The van der Waals surface area contributed by atoms with E-state index in [2.05, 4.69) is 19.9 Å². The summed E-state index contributed by atoms with van der Waals surface area (Å²) in [5, 5.41) is 9.49. The van der Waals surface area contributed by atoms with Crippen LogP contribution in [-0.4, -0.2) is 36.4 Å². The van der Waals surface area contributed by atoms with Crippen molar-refractivity contribution < 1.29 is 24.2 Å². The molecule has 44 heavy (non-hydrogen) atoms. The first-order chi connectivity index (χ1) is 21.6. The third-order valence-corrected chi connectivity index (χ3v) is 8.08. The highest BCUT2D eigenvalue weighted by molar-refractivity contribution is 5.82. The van der Waals surface area contributed by atoms with Crippen LogP contribution in [0.3, 0.4) is 0 Å². The van der Waals surface area contributed by atoms with Gasteiger partial charge in [0.15, 0.2) is 6.10 Å². The SMILES string of the molecule is CCCCCCCCC/C=C/C=C/C=C/C(=O)OC(CO)COC(=O)CCCCCCCCCCCCCCCCCCC. The number of esters is 2. The molecule has 0 fully saturated rings. The average Bonchev–Trinajstić information content (AvgIpc) is 3.02. The molecule has 5 nitrogen and oxygen atoms in total. The molecule has 5 heteroatoms. The van der Waals surface area contributed by atoms with Crippen LogP contribution in [-0.2, 0) is 19.1 Å². The van der Waals surface area contributed by atoms with E-state index in [0.29, 0.717) is 6.42 Å². The van der Waals surface area contributed by atoms with E-state index in [1.807, 2.05) is 12.2 Å². The molecule has 0 saturated heterocycles. The molecular weight excluding hydrogens is 548 g/mol. The lowest BCUT2D eigenvalue weighted by Gasteiger charge is -2.14. The molecule has 0 heterocycles. The fraction of sp³-hybridized carbons (Fsp3) is 0.795. The average molecular weight is 619 g/mol. The standard InChI is InChI=1S/C39H70O5/c1-3-5-7-9-11-13-15-17-18-19-20-22-23-25-27-29-31-33-38(41)43-36-37(35-40)44-39(42)34-32-30-28-26-24-21-16-14-12-10-8-6-4-2/h24,26,28,30,32,34,37,40H,3-23,25,27,29,31,33,35-36H2,1-2H3/b26-24+,30-28+,34-32+. The first-order valence-corrected chi connectivity index (χ1v) is 18.6. The molecule has 1 unspecified atom stereocenters.